The quantitative estimate of drug-likeness (QED) is 0.773. The standard InChI is InChI=1S/C17H20N4O4/c22-16(23)3-6-21-9-12(7-19-21)8-20-10-14(15(11-20)17(24)25)13-1-4-18-5-2-13/h1-2,4-5,7,9,14-15H,3,6,8,10-11H2,(H,22,23)(H,24,25)/t14-,15+/m0/s1. The molecular formula is C17H20N4O4. The minimum atomic E-state index is -0.860. The van der Waals surface area contributed by atoms with E-state index in [0.717, 1.165) is 11.1 Å². The number of pyridine rings is 1. The van der Waals surface area contributed by atoms with Crippen LogP contribution in [0.5, 0.6) is 0 Å². The van der Waals surface area contributed by atoms with Crippen molar-refractivity contribution < 1.29 is 19.8 Å². The molecule has 0 spiro atoms. The summed E-state index contributed by atoms with van der Waals surface area (Å²) < 4.78 is 1.61. The molecule has 2 atom stereocenters. The lowest BCUT2D eigenvalue weighted by Crippen LogP contribution is -2.23. The maximum absolute atomic E-state index is 11.6. The second-order valence-corrected chi connectivity index (χ2v) is 6.28. The normalized spacial score (nSPS) is 20.6. The maximum Gasteiger partial charge on any atom is 0.308 e. The Morgan fingerprint density at radius 3 is 2.64 bits per heavy atom. The molecular weight excluding hydrogens is 324 g/mol. The first-order valence-electron chi connectivity index (χ1n) is 8.11. The molecule has 0 aromatic carbocycles. The van der Waals surface area contributed by atoms with E-state index in [0.29, 0.717) is 26.2 Å². The first-order chi connectivity index (χ1) is 12.0. The fourth-order valence-corrected chi connectivity index (χ4v) is 3.29. The number of aromatic nitrogens is 3. The van der Waals surface area contributed by atoms with Gasteiger partial charge < -0.3 is 10.2 Å². The average Bonchev–Trinajstić information content (AvgIpc) is 3.21. The highest BCUT2D eigenvalue weighted by molar-refractivity contribution is 5.72. The molecule has 0 aliphatic carbocycles. The van der Waals surface area contributed by atoms with E-state index in [1.807, 2.05) is 18.3 Å². The zero-order valence-corrected chi connectivity index (χ0v) is 13.7. The van der Waals surface area contributed by atoms with Gasteiger partial charge in [-0.2, -0.15) is 5.10 Å². The number of aryl methyl sites for hydroxylation is 1. The molecule has 2 aromatic rings. The monoisotopic (exact) mass is 344 g/mol. The minimum absolute atomic E-state index is 0.0238. The molecule has 0 unspecified atom stereocenters. The van der Waals surface area contributed by atoms with Crippen molar-refractivity contribution in [1.29, 1.82) is 0 Å². The van der Waals surface area contributed by atoms with Gasteiger partial charge in [-0.15, -0.1) is 0 Å². The molecule has 8 nitrogen and oxygen atoms in total. The van der Waals surface area contributed by atoms with Crippen molar-refractivity contribution >= 4 is 11.9 Å². The van der Waals surface area contributed by atoms with Crippen molar-refractivity contribution in [2.24, 2.45) is 5.92 Å². The average molecular weight is 344 g/mol. The molecule has 25 heavy (non-hydrogen) atoms. The maximum atomic E-state index is 11.6. The topological polar surface area (TPSA) is 109 Å². The molecule has 0 saturated carbocycles. The zero-order chi connectivity index (χ0) is 17.8. The van der Waals surface area contributed by atoms with Crippen molar-refractivity contribution in [1.82, 2.24) is 19.7 Å². The summed E-state index contributed by atoms with van der Waals surface area (Å²) in [6.07, 6.45) is 6.92. The Morgan fingerprint density at radius 2 is 1.96 bits per heavy atom. The number of aliphatic carboxylic acids is 2. The number of carboxylic acids is 2. The smallest absolute Gasteiger partial charge is 0.308 e. The van der Waals surface area contributed by atoms with Crippen LogP contribution in [0.25, 0.3) is 0 Å². The van der Waals surface area contributed by atoms with Crippen molar-refractivity contribution in [2.75, 3.05) is 13.1 Å². The van der Waals surface area contributed by atoms with E-state index in [9.17, 15) is 14.7 Å². The largest absolute Gasteiger partial charge is 0.481 e. The van der Waals surface area contributed by atoms with Crippen molar-refractivity contribution in [3.05, 3.63) is 48.0 Å². The van der Waals surface area contributed by atoms with Crippen LogP contribution >= 0.6 is 0 Å². The van der Waals surface area contributed by atoms with E-state index in [1.165, 1.54) is 0 Å². The van der Waals surface area contributed by atoms with Crippen LogP contribution in [0.1, 0.15) is 23.5 Å². The highest BCUT2D eigenvalue weighted by Crippen LogP contribution is 2.33. The number of carbonyl (C=O) groups is 2. The summed E-state index contributed by atoms with van der Waals surface area (Å²) in [6.45, 7) is 2.05. The van der Waals surface area contributed by atoms with Crippen LogP contribution in [-0.4, -0.2) is 54.9 Å². The van der Waals surface area contributed by atoms with Gasteiger partial charge in [0.25, 0.3) is 0 Å². The Kier molecular flexibility index (Phi) is 5.08. The van der Waals surface area contributed by atoms with Crippen LogP contribution in [0.15, 0.2) is 36.9 Å². The summed E-state index contributed by atoms with van der Waals surface area (Å²) >= 11 is 0. The minimum Gasteiger partial charge on any atom is -0.481 e. The van der Waals surface area contributed by atoms with Gasteiger partial charge in [0.2, 0.25) is 0 Å². The Morgan fingerprint density at radius 1 is 1.20 bits per heavy atom. The third kappa shape index (κ3) is 4.21. The Balaban J connectivity index is 1.66. The fraction of sp³-hybridized carbons (Fsp3) is 0.412. The van der Waals surface area contributed by atoms with Crippen LogP contribution < -0.4 is 0 Å². The zero-order valence-electron chi connectivity index (χ0n) is 13.7. The molecule has 8 heteroatoms. The molecule has 1 saturated heterocycles. The summed E-state index contributed by atoms with van der Waals surface area (Å²) in [5, 5.41) is 22.4. The predicted octanol–water partition coefficient (Wildman–Crippen LogP) is 1.05. The van der Waals surface area contributed by atoms with E-state index in [4.69, 9.17) is 5.11 Å². The van der Waals surface area contributed by atoms with Crippen LogP contribution in [0.2, 0.25) is 0 Å². The van der Waals surface area contributed by atoms with E-state index < -0.39 is 17.9 Å². The first-order valence-corrected chi connectivity index (χ1v) is 8.11. The molecule has 1 aliphatic rings. The van der Waals surface area contributed by atoms with Crippen LogP contribution in [0.3, 0.4) is 0 Å². The van der Waals surface area contributed by atoms with Gasteiger partial charge in [-0.05, 0) is 17.7 Å². The summed E-state index contributed by atoms with van der Waals surface area (Å²) in [5.74, 6) is -2.17. The first kappa shape index (κ1) is 17.1. The summed E-state index contributed by atoms with van der Waals surface area (Å²) in [4.78, 5) is 28.3. The lowest BCUT2D eigenvalue weighted by Gasteiger charge is -2.15. The van der Waals surface area contributed by atoms with Gasteiger partial charge >= 0.3 is 11.9 Å². The van der Waals surface area contributed by atoms with Gasteiger partial charge in [0.05, 0.1) is 25.1 Å². The summed E-state index contributed by atoms with van der Waals surface area (Å²) in [5.41, 5.74) is 1.94. The molecule has 0 amide bonds. The van der Waals surface area contributed by atoms with Gasteiger partial charge in [0, 0.05) is 49.7 Å². The Hall–Kier alpha value is -2.74. The third-order valence-electron chi connectivity index (χ3n) is 4.49. The lowest BCUT2D eigenvalue weighted by atomic mass is 9.90. The number of rotatable bonds is 7. The van der Waals surface area contributed by atoms with E-state index in [2.05, 4.69) is 15.0 Å². The van der Waals surface area contributed by atoms with E-state index >= 15 is 0 Å². The second kappa shape index (κ2) is 7.43. The molecule has 0 radical (unpaired) electrons. The van der Waals surface area contributed by atoms with Crippen LogP contribution in [0, 0.1) is 5.92 Å². The summed E-state index contributed by atoms with van der Waals surface area (Å²) in [7, 11) is 0. The predicted molar refractivity (Wildman–Crippen MR) is 87.9 cm³/mol. The molecule has 132 valence electrons. The second-order valence-electron chi connectivity index (χ2n) is 6.28. The molecule has 2 aromatic heterocycles. The Bertz CT molecular complexity index is 746. The van der Waals surface area contributed by atoms with Gasteiger partial charge in [-0.1, -0.05) is 0 Å². The third-order valence-corrected chi connectivity index (χ3v) is 4.49. The number of nitrogens with zero attached hydrogens (tertiary/aromatic N) is 4. The van der Waals surface area contributed by atoms with Crippen LogP contribution in [0.4, 0.5) is 0 Å². The highest BCUT2D eigenvalue weighted by Gasteiger charge is 2.38. The van der Waals surface area contributed by atoms with Crippen LogP contribution in [-0.2, 0) is 22.7 Å². The van der Waals surface area contributed by atoms with E-state index in [-0.39, 0.29) is 12.3 Å². The molecule has 3 heterocycles. The van der Waals surface area contributed by atoms with Gasteiger partial charge in [-0.3, -0.25) is 24.2 Å². The fourth-order valence-electron chi connectivity index (χ4n) is 3.29. The lowest BCUT2D eigenvalue weighted by molar-refractivity contribution is -0.141. The van der Waals surface area contributed by atoms with E-state index in [1.54, 1.807) is 23.3 Å². The molecule has 1 fully saturated rings. The van der Waals surface area contributed by atoms with Crippen molar-refractivity contribution in [3.8, 4) is 0 Å². The van der Waals surface area contributed by atoms with Gasteiger partial charge in [0.15, 0.2) is 0 Å². The SMILES string of the molecule is O=C(O)CCn1cc(CN2C[C@@H](C(=O)O)[C@H](c3ccncc3)C2)cn1. The molecule has 2 N–H and O–H groups in total. The molecule has 1 aliphatic heterocycles. The number of likely N-dealkylation sites (tertiary alicyclic amines) is 1. The molecule has 0 bridgehead atoms. The van der Waals surface area contributed by atoms with Crippen molar-refractivity contribution in [3.63, 3.8) is 0 Å². The molecule has 3 rings (SSSR count). The summed E-state index contributed by atoms with van der Waals surface area (Å²) in [6, 6.07) is 3.74. The Labute approximate surface area is 144 Å². The number of hydrogen-bond acceptors (Lipinski definition) is 5. The van der Waals surface area contributed by atoms with Crippen molar-refractivity contribution in [2.45, 2.75) is 25.4 Å². The number of carboxylic acid groups (broad SMARTS) is 2. The number of hydrogen-bond donors (Lipinski definition) is 2. The van der Waals surface area contributed by atoms with Gasteiger partial charge in [0.1, 0.15) is 0 Å². The highest BCUT2D eigenvalue weighted by atomic mass is 16.4. The van der Waals surface area contributed by atoms with Gasteiger partial charge in [-0.25, -0.2) is 0 Å².